The van der Waals surface area contributed by atoms with Gasteiger partial charge in [-0.15, -0.1) is 11.3 Å². The summed E-state index contributed by atoms with van der Waals surface area (Å²) in [5.41, 5.74) is 5.60. The van der Waals surface area contributed by atoms with Gasteiger partial charge < -0.3 is 5.73 Å². The van der Waals surface area contributed by atoms with Gasteiger partial charge in [0.25, 0.3) is 0 Å². The fraction of sp³-hybridized carbons (Fsp3) is 0.667. The molecular weight excluding hydrogens is 348 g/mol. The summed E-state index contributed by atoms with van der Waals surface area (Å²) < 4.78 is 27.7. The lowest BCUT2D eigenvalue weighted by Crippen LogP contribution is -2.33. The minimum atomic E-state index is -3.48. The number of hydrogen-bond acceptors (Lipinski definition) is 4. The predicted molar refractivity (Wildman–Crippen MR) is 83.7 cm³/mol. The fourth-order valence-electron chi connectivity index (χ4n) is 1.30. The Labute approximate surface area is 128 Å². The molecule has 1 rings (SSSR count). The van der Waals surface area contributed by atoms with Crippen molar-refractivity contribution in [3.05, 3.63) is 14.7 Å². The van der Waals surface area contributed by atoms with Crippen LogP contribution in [0.15, 0.2) is 14.7 Å². The number of nitrogens with two attached hydrogens (primary N) is 1. The number of rotatable bonds is 5. The summed E-state index contributed by atoms with van der Waals surface area (Å²) in [6.45, 7) is 9.09. The molecule has 1 atom stereocenters. The average molecular weight is 369 g/mol. The Balaban J connectivity index is 2.84. The molecule has 4 nitrogen and oxygen atoms in total. The molecule has 0 fully saturated rings. The zero-order valence-corrected chi connectivity index (χ0v) is 14.9. The van der Waals surface area contributed by atoms with Crippen LogP contribution in [0.1, 0.15) is 32.6 Å². The lowest BCUT2D eigenvalue weighted by molar-refractivity contribution is 0.263. The van der Waals surface area contributed by atoms with Gasteiger partial charge in [-0.3, -0.25) is 0 Å². The maximum Gasteiger partial charge on any atom is 0.242 e. The van der Waals surface area contributed by atoms with E-state index in [4.69, 9.17) is 5.73 Å². The van der Waals surface area contributed by atoms with E-state index in [9.17, 15) is 8.42 Å². The van der Waals surface area contributed by atoms with Crippen molar-refractivity contribution < 1.29 is 8.42 Å². The Bertz CT molecular complexity index is 532. The zero-order chi connectivity index (χ0) is 14.8. The summed E-state index contributed by atoms with van der Waals surface area (Å²) in [7, 11) is -3.48. The van der Waals surface area contributed by atoms with Crippen LogP contribution in [-0.4, -0.2) is 15.0 Å². The summed E-state index contributed by atoms with van der Waals surface area (Å²) in [4.78, 5) is 1.12. The predicted octanol–water partition coefficient (Wildman–Crippen LogP) is 2.93. The van der Waals surface area contributed by atoms with Crippen LogP contribution in [0, 0.1) is 11.3 Å². The Morgan fingerprint density at radius 3 is 2.47 bits per heavy atom. The molecule has 0 aliphatic rings. The van der Waals surface area contributed by atoms with Gasteiger partial charge in [-0.05, 0) is 33.3 Å². The van der Waals surface area contributed by atoms with Crippen LogP contribution in [0.25, 0.3) is 0 Å². The van der Waals surface area contributed by atoms with E-state index in [0.717, 1.165) is 4.88 Å². The first-order valence-corrected chi connectivity index (χ1v) is 9.15. The van der Waals surface area contributed by atoms with Crippen LogP contribution in [0.5, 0.6) is 0 Å². The van der Waals surface area contributed by atoms with E-state index in [0.29, 0.717) is 16.9 Å². The highest BCUT2D eigenvalue weighted by Gasteiger charge is 2.25. The molecule has 7 heteroatoms. The van der Waals surface area contributed by atoms with E-state index in [1.807, 2.05) is 6.92 Å². The van der Waals surface area contributed by atoms with Gasteiger partial charge >= 0.3 is 0 Å². The van der Waals surface area contributed by atoms with E-state index < -0.39 is 10.0 Å². The van der Waals surface area contributed by atoms with Crippen molar-refractivity contribution in [2.24, 2.45) is 17.1 Å². The second-order valence-electron chi connectivity index (χ2n) is 5.67. The van der Waals surface area contributed by atoms with Crippen molar-refractivity contribution in [3.63, 3.8) is 0 Å². The van der Waals surface area contributed by atoms with Crippen molar-refractivity contribution >= 4 is 37.3 Å². The molecular formula is C12H21BrN2O2S2. The summed E-state index contributed by atoms with van der Waals surface area (Å²) in [5, 5.41) is 0. The van der Waals surface area contributed by atoms with Gasteiger partial charge in [0.15, 0.2) is 0 Å². The van der Waals surface area contributed by atoms with Crippen LogP contribution in [0.2, 0.25) is 0 Å². The maximum atomic E-state index is 12.2. The Morgan fingerprint density at radius 2 is 2.05 bits per heavy atom. The fourth-order valence-corrected chi connectivity index (χ4v) is 4.99. The molecule has 110 valence electrons. The van der Waals surface area contributed by atoms with Crippen molar-refractivity contribution in [1.82, 2.24) is 4.72 Å². The first-order chi connectivity index (χ1) is 8.58. The lowest BCUT2D eigenvalue weighted by Gasteiger charge is -2.27. The molecule has 19 heavy (non-hydrogen) atoms. The molecule has 1 aromatic heterocycles. The Kier molecular flexibility index (Phi) is 5.60. The minimum Gasteiger partial charge on any atom is -0.326 e. The maximum absolute atomic E-state index is 12.2. The average Bonchev–Trinajstić information content (AvgIpc) is 2.67. The summed E-state index contributed by atoms with van der Waals surface area (Å²) >= 11 is 4.64. The number of thiophene rings is 1. The molecule has 0 bridgehead atoms. The minimum absolute atomic E-state index is 0.0663. The Morgan fingerprint density at radius 1 is 1.47 bits per heavy atom. The molecule has 0 saturated heterocycles. The molecule has 1 aromatic rings. The highest BCUT2D eigenvalue weighted by atomic mass is 79.9. The third-order valence-electron chi connectivity index (χ3n) is 3.26. The molecule has 0 saturated carbocycles. The normalized spacial score (nSPS) is 14.6. The molecule has 3 N–H and O–H groups in total. The molecule has 0 amide bonds. The first-order valence-electron chi connectivity index (χ1n) is 6.06. The van der Waals surface area contributed by atoms with Crippen molar-refractivity contribution in [3.8, 4) is 0 Å². The van der Waals surface area contributed by atoms with Crippen molar-refractivity contribution in [2.75, 3.05) is 6.54 Å². The van der Waals surface area contributed by atoms with Crippen molar-refractivity contribution in [2.45, 2.75) is 39.1 Å². The van der Waals surface area contributed by atoms with E-state index in [2.05, 4.69) is 41.4 Å². The van der Waals surface area contributed by atoms with Crippen LogP contribution < -0.4 is 10.5 Å². The topological polar surface area (TPSA) is 72.2 Å². The van der Waals surface area contributed by atoms with Crippen LogP contribution in [0.3, 0.4) is 0 Å². The first kappa shape index (κ1) is 17.1. The van der Waals surface area contributed by atoms with Gasteiger partial charge in [0.2, 0.25) is 10.0 Å². The van der Waals surface area contributed by atoms with Gasteiger partial charge in [0.1, 0.15) is 4.90 Å². The van der Waals surface area contributed by atoms with Crippen LogP contribution >= 0.6 is 27.3 Å². The second kappa shape index (κ2) is 6.22. The standard InChI is InChI=1S/C12H21BrN2O2S2/c1-8(12(2,3)4)7-15-19(16,17)10-5-9(6-14)18-11(10)13/h5,8,15H,6-7,14H2,1-4H3. The molecule has 0 radical (unpaired) electrons. The highest BCUT2D eigenvalue weighted by Crippen LogP contribution is 2.32. The van der Waals surface area contributed by atoms with Gasteiger partial charge in [-0.25, -0.2) is 13.1 Å². The largest absolute Gasteiger partial charge is 0.326 e. The molecule has 1 heterocycles. The van der Waals surface area contributed by atoms with E-state index in [1.165, 1.54) is 11.3 Å². The lowest BCUT2D eigenvalue weighted by atomic mass is 9.82. The molecule has 0 aliphatic heterocycles. The highest BCUT2D eigenvalue weighted by molar-refractivity contribution is 9.11. The third-order valence-corrected chi connectivity index (χ3v) is 6.95. The van der Waals surface area contributed by atoms with E-state index in [1.54, 1.807) is 6.07 Å². The van der Waals surface area contributed by atoms with Crippen molar-refractivity contribution in [1.29, 1.82) is 0 Å². The van der Waals surface area contributed by atoms with Crippen LogP contribution in [-0.2, 0) is 16.6 Å². The summed E-state index contributed by atoms with van der Waals surface area (Å²) in [6.07, 6.45) is 0. The smallest absolute Gasteiger partial charge is 0.242 e. The van der Waals surface area contributed by atoms with Gasteiger partial charge in [-0.2, -0.15) is 0 Å². The molecule has 0 spiro atoms. The van der Waals surface area contributed by atoms with E-state index in [-0.39, 0.29) is 16.2 Å². The molecule has 0 aliphatic carbocycles. The van der Waals surface area contributed by atoms with Gasteiger partial charge in [0.05, 0.1) is 3.79 Å². The Hall–Kier alpha value is 0.0500. The molecule has 0 aromatic carbocycles. The summed E-state index contributed by atoms with van der Waals surface area (Å²) in [5.74, 6) is 0.244. The SMILES string of the molecule is CC(CNS(=O)(=O)c1cc(CN)sc1Br)C(C)(C)C. The van der Waals surface area contributed by atoms with E-state index >= 15 is 0 Å². The monoisotopic (exact) mass is 368 g/mol. The van der Waals surface area contributed by atoms with Crippen LogP contribution in [0.4, 0.5) is 0 Å². The quantitative estimate of drug-likeness (QED) is 0.838. The second-order valence-corrected chi connectivity index (χ2v) is 9.86. The number of halogens is 1. The number of nitrogens with one attached hydrogen (secondary N) is 1. The third kappa shape index (κ3) is 4.53. The number of sulfonamides is 1. The van der Waals surface area contributed by atoms with Gasteiger partial charge in [0, 0.05) is 18.0 Å². The summed E-state index contributed by atoms with van der Waals surface area (Å²) in [6, 6.07) is 1.62. The van der Waals surface area contributed by atoms with Gasteiger partial charge in [-0.1, -0.05) is 27.7 Å². The molecule has 1 unspecified atom stereocenters. The number of hydrogen-bond donors (Lipinski definition) is 2. The zero-order valence-electron chi connectivity index (χ0n) is 11.7.